The normalized spacial score (nSPS) is 18.7. The van der Waals surface area contributed by atoms with E-state index in [0.29, 0.717) is 41.2 Å². The fourth-order valence-electron chi connectivity index (χ4n) is 4.86. The Bertz CT molecular complexity index is 1000. The van der Waals surface area contributed by atoms with E-state index in [9.17, 15) is 9.59 Å². The molecule has 8 nitrogen and oxygen atoms in total. The Hall–Kier alpha value is -2.81. The average molecular weight is 500 g/mol. The standard InChI is InChI=1S/C26H34ClN5O3/c1-30-13-11-21(12-14-30)31-15-17-32(18-16-31)25(33)24(22-5-3-4-6-23(22)35-2)29-26(34)28-20-9-7-19(27)8-10-20/h3-10,21,24H,11-18H2,1-2H3,(H2,28,29,34). The molecule has 4 rings (SSSR count). The third-order valence-corrected chi connectivity index (χ3v) is 7.16. The number of piperidine rings is 1. The van der Waals surface area contributed by atoms with Gasteiger partial charge in [-0.3, -0.25) is 9.69 Å². The summed E-state index contributed by atoms with van der Waals surface area (Å²) in [6, 6.07) is 13.4. The molecule has 0 saturated carbocycles. The molecule has 0 aromatic heterocycles. The number of urea groups is 1. The topological polar surface area (TPSA) is 77.1 Å². The van der Waals surface area contributed by atoms with Crippen LogP contribution in [0.3, 0.4) is 0 Å². The predicted molar refractivity (Wildman–Crippen MR) is 138 cm³/mol. The molecule has 0 radical (unpaired) electrons. The summed E-state index contributed by atoms with van der Waals surface area (Å²) in [5.74, 6) is 0.423. The van der Waals surface area contributed by atoms with Crippen LogP contribution in [0.1, 0.15) is 24.4 Å². The summed E-state index contributed by atoms with van der Waals surface area (Å²) in [6.07, 6.45) is 2.33. The number of para-hydroxylation sites is 1. The molecule has 188 valence electrons. The highest BCUT2D eigenvalue weighted by molar-refractivity contribution is 6.30. The van der Waals surface area contributed by atoms with Crippen molar-refractivity contribution < 1.29 is 14.3 Å². The Morgan fingerprint density at radius 1 is 0.971 bits per heavy atom. The Balaban J connectivity index is 1.45. The molecule has 2 aromatic carbocycles. The van der Waals surface area contributed by atoms with Gasteiger partial charge in [0.15, 0.2) is 0 Å². The largest absolute Gasteiger partial charge is 0.496 e. The highest BCUT2D eigenvalue weighted by atomic mass is 35.5. The second-order valence-electron chi connectivity index (χ2n) is 9.18. The molecule has 0 aliphatic carbocycles. The van der Waals surface area contributed by atoms with Gasteiger partial charge >= 0.3 is 6.03 Å². The van der Waals surface area contributed by atoms with Gasteiger partial charge in [-0.05, 0) is 63.3 Å². The van der Waals surface area contributed by atoms with Crippen molar-refractivity contribution in [2.45, 2.75) is 24.9 Å². The Labute approximate surface area is 212 Å². The first-order chi connectivity index (χ1) is 16.9. The van der Waals surface area contributed by atoms with Crippen LogP contribution in [0.4, 0.5) is 10.5 Å². The summed E-state index contributed by atoms with van der Waals surface area (Å²) in [7, 11) is 3.73. The van der Waals surface area contributed by atoms with Crippen LogP contribution >= 0.6 is 11.6 Å². The molecule has 2 aliphatic rings. The minimum absolute atomic E-state index is 0.135. The Morgan fingerprint density at radius 2 is 1.63 bits per heavy atom. The lowest BCUT2D eigenvalue weighted by Gasteiger charge is -2.42. The number of ether oxygens (including phenoxy) is 1. The summed E-state index contributed by atoms with van der Waals surface area (Å²) >= 11 is 5.94. The number of nitrogens with zero attached hydrogens (tertiary/aromatic N) is 3. The third kappa shape index (κ3) is 6.45. The third-order valence-electron chi connectivity index (χ3n) is 6.90. The molecule has 2 heterocycles. The van der Waals surface area contributed by atoms with Gasteiger partial charge in [0.1, 0.15) is 11.8 Å². The first-order valence-electron chi connectivity index (χ1n) is 12.1. The first kappa shape index (κ1) is 25.3. The molecule has 1 atom stereocenters. The number of halogens is 1. The maximum Gasteiger partial charge on any atom is 0.320 e. The van der Waals surface area contributed by atoms with Crippen LogP contribution in [0, 0.1) is 0 Å². The monoisotopic (exact) mass is 499 g/mol. The van der Waals surface area contributed by atoms with Crippen LogP contribution in [-0.2, 0) is 4.79 Å². The van der Waals surface area contributed by atoms with E-state index in [0.717, 1.165) is 26.2 Å². The lowest BCUT2D eigenvalue weighted by atomic mass is 10.0. The number of carbonyl (C=O) groups is 2. The molecule has 2 N–H and O–H groups in total. The van der Waals surface area contributed by atoms with Crippen molar-refractivity contribution in [3.05, 3.63) is 59.1 Å². The molecule has 9 heteroatoms. The van der Waals surface area contributed by atoms with E-state index in [1.165, 1.54) is 12.8 Å². The zero-order valence-electron chi connectivity index (χ0n) is 20.4. The fraction of sp³-hybridized carbons (Fsp3) is 0.462. The number of hydrogen-bond donors (Lipinski definition) is 2. The Morgan fingerprint density at radius 3 is 2.29 bits per heavy atom. The van der Waals surface area contributed by atoms with Gasteiger partial charge in [-0.15, -0.1) is 0 Å². The number of hydrogen-bond acceptors (Lipinski definition) is 5. The first-order valence-corrected chi connectivity index (χ1v) is 12.5. The fourth-order valence-corrected chi connectivity index (χ4v) is 4.99. The van der Waals surface area contributed by atoms with Gasteiger partial charge in [0.2, 0.25) is 5.91 Å². The van der Waals surface area contributed by atoms with E-state index in [4.69, 9.17) is 16.3 Å². The molecule has 0 spiro atoms. The van der Waals surface area contributed by atoms with Gasteiger partial charge in [0.05, 0.1) is 7.11 Å². The van der Waals surface area contributed by atoms with Gasteiger partial charge in [0, 0.05) is 48.5 Å². The summed E-state index contributed by atoms with van der Waals surface area (Å²) in [4.78, 5) is 33.3. The van der Waals surface area contributed by atoms with E-state index in [1.807, 2.05) is 23.1 Å². The number of carbonyl (C=O) groups excluding carboxylic acids is 2. The molecule has 2 saturated heterocycles. The van der Waals surface area contributed by atoms with Crippen molar-refractivity contribution in [1.29, 1.82) is 0 Å². The zero-order chi connectivity index (χ0) is 24.8. The maximum atomic E-state index is 13.7. The van der Waals surface area contributed by atoms with Gasteiger partial charge in [0.25, 0.3) is 0 Å². The number of anilines is 1. The quantitative estimate of drug-likeness (QED) is 0.636. The van der Waals surface area contributed by atoms with E-state index in [-0.39, 0.29) is 5.91 Å². The van der Waals surface area contributed by atoms with Gasteiger partial charge < -0.3 is 25.2 Å². The minimum Gasteiger partial charge on any atom is -0.496 e. The SMILES string of the molecule is COc1ccccc1C(NC(=O)Nc1ccc(Cl)cc1)C(=O)N1CCN(C2CCN(C)CC2)CC1. The average Bonchev–Trinajstić information content (AvgIpc) is 2.89. The van der Waals surface area contributed by atoms with Crippen LogP contribution in [0.25, 0.3) is 0 Å². The summed E-state index contributed by atoms with van der Waals surface area (Å²) in [6.45, 7) is 5.19. The highest BCUT2D eigenvalue weighted by Crippen LogP contribution is 2.27. The zero-order valence-corrected chi connectivity index (χ0v) is 21.1. The molecule has 3 amide bonds. The van der Waals surface area contributed by atoms with Crippen molar-refractivity contribution in [3.63, 3.8) is 0 Å². The number of amides is 3. The Kier molecular flexibility index (Phi) is 8.49. The molecular weight excluding hydrogens is 466 g/mol. The van der Waals surface area contributed by atoms with Crippen LogP contribution in [0.2, 0.25) is 5.02 Å². The van der Waals surface area contributed by atoms with Gasteiger partial charge in [-0.1, -0.05) is 29.8 Å². The summed E-state index contributed by atoms with van der Waals surface area (Å²) in [5.41, 5.74) is 1.22. The van der Waals surface area contributed by atoms with E-state index in [2.05, 4.69) is 27.5 Å². The lowest BCUT2D eigenvalue weighted by molar-refractivity contribution is -0.135. The minimum atomic E-state index is -0.867. The smallest absolute Gasteiger partial charge is 0.320 e. The van der Waals surface area contributed by atoms with Crippen molar-refractivity contribution in [3.8, 4) is 5.75 Å². The number of piperazine rings is 1. The summed E-state index contributed by atoms with van der Waals surface area (Å²) < 4.78 is 5.51. The lowest BCUT2D eigenvalue weighted by Crippen LogP contribution is -2.56. The van der Waals surface area contributed by atoms with Gasteiger partial charge in [-0.2, -0.15) is 0 Å². The highest BCUT2D eigenvalue weighted by Gasteiger charge is 2.33. The van der Waals surface area contributed by atoms with Crippen LogP contribution in [-0.4, -0.2) is 86.1 Å². The van der Waals surface area contributed by atoms with Crippen LogP contribution in [0.5, 0.6) is 5.75 Å². The molecule has 2 aromatic rings. The number of benzene rings is 2. The second-order valence-corrected chi connectivity index (χ2v) is 9.61. The van der Waals surface area contributed by atoms with Crippen molar-refractivity contribution in [2.24, 2.45) is 0 Å². The van der Waals surface area contributed by atoms with Crippen molar-refractivity contribution in [1.82, 2.24) is 20.0 Å². The molecule has 2 fully saturated rings. The second kappa shape index (κ2) is 11.7. The van der Waals surface area contributed by atoms with E-state index < -0.39 is 12.1 Å². The maximum absolute atomic E-state index is 13.7. The van der Waals surface area contributed by atoms with E-state index >= 15 is 0 Å². The predicted octanol–water partition coefficient (Wildman–Crippen LogP) is 3.45. The summed E-state index contributed by atoms with van der Waals surface area (Å²) in [5, 5.41) is 6.24. The molecular formula is C26H34ClN5O3. The number of likely N-dealkylation sites (tertiary alicyclic amines) is 1. The van der Waals surface area contributed by atoms with Crippen molar-refractivity contribution in [2.75, 3.05) is 58.7 Å². The number of nitrogens with one attached hydrogen (secondary N) is 2. The number of methoxy groups -OCH3 is 1. The molecule has 1 unspecified atom stereocenters. The molecule has 35 heavy (non-hydrogen) atoms. The molecule has 2 aliphatic heterocycles. The van der Waals surface area contributed by atoms with Gasteiger partial charge in [-0.25, -0.2) is 4.79 Å². The van der Waals surface area contributed by atoms with Crippen LogP contribution in [0.15, 0.2) is 48.5 Å². The molecule has 0 bridgehead atoms. The van der Waals surface area contributed by atoms with Crippen molar-refractivity contribution >= 4 is 29.2 Å². The van der Waals surface area contributed by atoms with E-state index in [1.54, 1.807) is 37.4 Å². The number of rotatable bonds is 6. The van der Waals surface area contributed by atoms with Crippen LogP contribution < -0.4 is 15.4 Å².